The molecule has 0 aliphatic rings. The van der Waals surface area contributed by atoms with Crippen molar-refractivity contribution >= 4 is 15.9 Å². The first-order valence-corrected chi connectivity index (χ1v) is 5.97. The highest BCUT2D eigenvalue weighted by Crippen LogP contribution is 2.24. The third kappa shape index (κ3) is 5.28. The third-order valence-corrected chi connectivity index (χ3v) is 2.57. The summed E-state index contributed by atoms with van der Waals surface area (Å²) in [6, 6.07) is 4.96. The Morgan fingerprint density at radius 2 is 2.24 bits per heavy atom. The molecule has 0 aromatic heterocycles. The van der Waals surface area contributed by atoms with Gasteiger partial charge in [0.2, 0.25) is 0 Å². The number of alkyl halides is 2. The van der Waals surface area contributed by atoms with Crippen molar-refractivity contribution in [3.8, 4) is 5.75 Å². The van der Waals surface area contributed by atoms with Crippen LogP contribution >= 0.6 is 15.9 Å². The third-order valence-electron chi connectivity index (χ3n) is 2.08. The van der Waals surface area contributed by atoms with E-state index in [1.54, 1.807) is 18.2 Å². The number of nitrogens with one attached hydrogen (secondary N) is 1. The largest absolute Gasteiger partial charge is 0.434 e. The number of benzene rings is 1. The predicted octanol–water partition coefficient (Wildman–Crippen LogP) is 3.72. The van der Waals surface area contributed by atoms with E-state index in [0.29, 0.717) is 12.1 Å². The molecule has 0 fully saturated rings. The normalized spacial score (nSPS) is 10.6. The Balaban J connectivity index is 2.65. The number of hydrogen-bond donors (Lipinski definition) is 1. The van der Waals surface area contributed by atoms with E-state index in [9.17, 15) is 8.78 Å². The molecule has 0 aliphatic carbocycles. The van der Waals surface area contributed by atoms with Crippen LogP contribution < -0.4 is 10.1 Å². The van der Waals surface area contributed by atoms with Crippen molar-refractivity contribution in [1.82, 2.24) is 5.32 Å². The van der Waals surface area contributed by atoms with E-state index < -0.39 is 6.61 Å². The fourth-order valence-corrected chi connectivity index (χ4v) is 1.73. The standard InChI is InChI=1S/C12H14BrF2NO/c1-2-3-6-16-8-9-7-10(13)4-5-11(9)17-12(14)15/h2,4-5,7,12,16H,1,3,6,8H2. The van der Waals surface area contributed by atoms with Crippen LogP contribution in [0.3, 0.4) is 0 Å². The maximum absolute atomic E-state index is 12.2. The SMILES string of the molecule is C=CCCNCc1cc(Br)ccc1OC(F)F. The zero-order valence-electron chi connectivity index (χ0n) is 9.26. The first-order valence-electron chi connectivity index (χ1n) is 5.18. The van der Waals surface area contributed by atoms with Crippen LogP contribution in [0, 0.1) is 0 Å². The summed E-state index contributed by atoms with van der Waals surface area (Å²) >= 11 is 3.30. The minimum atomic E-state index is -2.80. The molecule has 17 heavy (non-hydrogen) atoms. The lowest BCUT2D eigenvalue weighted by Crippen LogP contribution is -2.15. The first kappa shape index (κ1) is 14.1. The van der Waals surface area contributed by atoms with Gasteiger partial charge in [-0.25, -0.2) is 0 Å². The molecule has 2 nitrogen and oxygen atoms in total. The minimum Gasteiger partial charge on any atom is -0.434 e. The zero-order valence-corrected chi connectivity index (χ0v) is 10.8. The second-order valence-corrected chi connectivity index (χ2v) is 4.30. The van der Waals surface area contributed by atoms with Gasteiger partial charge in [-0.3, -0.25) is 0 Å². The Hall–Kier alpha value is -0.940. The van der Waals surface area contributed by atoms with Crippen LogP contribution in [0.2, 0.25) is 0 Å². The van der Waals surface area contributed by atoms with Gasteiger partial charge < -0.3 is 10.1 Å². The van der Waals surface area contributed by atoms with Crippen molar-refractivity contribution in [2.24, 2.45) is 0 Å². The van der Waals surface area contributed by atoms with Crippen LogP contribution in [0.25, 0.3) is 0 Å². The van der Waals surface area contributed by atoms with E-state index in [2.05, 4.69) is 32.6 Å². The fraction of sp³-hybridized carbons (Fsp3) is 0.333. The molecular formula is C12H14BrF2NO. The molecule has 0 spiro atoms. The van der Waals surface area contributed by atoms with E-state index in [1.807, 2.05) is 0 Å². The molecule has 0 unspecified atom stereocenters. The average Bonchev–Trinajstić information content (AvgIpc) is 2.27. The monoisotopic (exact) mass is 305 g/mol. The van der Waals surface area contributed by atoms with E-state index in [4.69, 9.17) is 0 Å². The number of ether oxygens (including phenoxy) is 1. The molecular weight excluding hydrogens is 292 g/mol. The fourth-order valence-electron chi connectivity index (χ4n) is 1.32. The van der Waals surface area contributed by atoms with E-state index in [1.165, 1.54) is 6.07 Å². The van der Waals surface area contributed by atoms with E-state index in [0.717, 1.165) is 17.4 Å². The van der Waals surface area contributed by atoms with Gasteiger partial charge in [0.1, 0.15) is 5.75 Å². The zero-order chi connectivity index (χ0) is 12.7. The molecule has 0 atom stereocenters. The van der Waals surface area contributed by atoms with Gasteiger partial charge in [-0.2, -0.15) is 8.78 Å². The lowest BCUT2D eigenvalue weighted by Gasteiger charge is -2.11. The first-order chi connectivity index (χ1) is 8.13. The Labute approximate surface area is 108 Å². The molecule has 0 amide bonds. The molecule has 5 heteroatoms. The van der Waals surface area contributed by atoms with Crippen molar-refractivity contribution in [3.05, 3.63) is 40.9 Å². The minimum absolute atomic E-state index is 0.203. The van der Waals surface area contributed by atoms with Crippen LogP contribution in [-0.2, 0) is 6.54 Å². The van der Waals surface area contributed by atoms with Crippen molar-refractivity contribution in [3.63, 3.8) is 0 Å². The summed E-state index contributed by atoms with van der Waals surface area (Å²) in [6.45, 7) is 2.04. The quantitative estimate of drug-likeness (QED) is 0.612. The highest BCUT2D eigenvalue weighted by Gasteiger charge is 2.09. The number of hydrogen-bond acceptors (Lipinski definition) is 2. The predicted molar refractivity (Wildman–Crippen MR) is 67.3 cm³/mol. The second-order valence-electron chi connectivity index (χ2n) is 3.38. The van der Waals surface area contributed by atoms with Gasteiger partial charge >= 0.3 is 6.61 Å². The molecule has 0 bridgehead atoms. The summed E-state index contributed by atoms with van der Waals surface area (Å²) < 4.78 is 29.6. The van der Waals surface area contributed by atoms with Gasteiger partial charge in [-0.15, -0.1) is 6.58 Å². The molecule has 1 aromatic rings. The van der Waals surface area contributed by atoms with Gasteiger partial charge in [0.05, 0.1) is 0 Å². The number of rotatable bonds is 7. The maximum atomic E-state index is 12.2. The van der Waals surface area contributed by atoms with Crippen molar-refractivity contribution in [2.45, 2.75) is 19.6 Å². The van der Waals surface area contributed by atoms with Gasteiger partial charge in [0, 0.05) is 16.6 Å². The van der Waals surface area contributed by atoms with Crippen molar-refractivity contribution < 1.29 is 13.5 Å². The van der Waals surface area contributed by atoms with Crippen molar-refractivity contribution in [2.75, 3.05) is 6.54 Å². The Kier molecular flexibility index (Phi) is 6.15. The molecule has 0 radical (unpaired) electrons. The molecule has 1 N–H and O–H groups in total. The van der Waals surface area contributed by atoms with Crippen LogP contribution in [-0.4, -0.2) is 13.2 Å². The van der Waals surface area contributed by atoms with Gasteiger partial charge in [-0.05, 0) is 31.2 Å². The van der Waals surface area contributed by atoms with Gasteiger partial charge in [0.15, 0.2) is 0 Å². The summed E-state index contributed by atoms with van der Waals surface area (Å²) in [5.41, 5.74) is 0.698. The maximum Gasteiger partial charge on any atom is 0.387 e. The van der Waals surface area contributed by atoms with Crippen LogP contribution in [0.1, 0.15) is 12.0 Å². The molecule has 1 aromatic carbocycles. The molecule has 0 aliphatic heterocycles. The Morgan fingerprint density at radius 3 is 2.88 bits per heavy atom. The van der Waals surface area contributed by atoms with Crippen LogP contribution in [0.5, 0.6) is 5.75 Å². The highest BCUT2D eigenvalue weighted by atomic mass is 79.9. The van der Waals surface area contributed by atoms with Crippen LogP contribution in [0.15, 0.2) is 35.3 Å². The van der Waals surface area contributed by atoms with E-state index in [-0.39, 0.29) is 5.75 Å². The lowest BCUT2D eigenvalue weighted by molar-refractivity contribution is -0.0505. The smallest absolute Gasteiger partial charge is 0.387 e. The summed E-state index contributed by atoms with van der Waals surface area (Å²) in [6.07, 6.45) is 2.63. The summed E-state index contributed by atoms with van der Waals surface area (Å²) in [5, 5.41) is 3.13. The number of halogens is 3. The lowest BCUT2D eigenvalue weighted by atomic mass is 10.2. The molecule has 94 valence electrons. The van der Waals surface area contributed by atoms with Crippen LogP contribution in [0.4, 0.5) is 8.78 Å². The van der Waals surface area contributed by atoms with Gasteiger partial charge in [0.25, 0.3) is 0 Å². The second kappa shape index (κ2) is 7.40. The molecule has 0 saturated carbocycles. The summed E-state index contributed by atoms with van der Waals surface area (Å²) in [7, 11) is 0. The van der Waals surface area contributed by atoms with Crippen molar-refractivity contribution in [1.29, 1.82) is 0 Å². The molecule has 0 heterocycles. The summed E-state index contributed by atoms with van der Waals surface area (Å²) in [4.78, 5) is 0. The average molecular weight is 306 g/mol. The van der Waals surface area contributed by atoms with E-state index >= 15 is 0 Å². The Morgan fingerprint density at radius 1 is 1.47 bits per heavy atom. The highest BCUT2D eigenvalue weighted by molar-refractivity contribution is 9.10. The molecule has 1 rings (SSSR count). The molecule has 0 saturated heterocycles. The Bertz CT molecular complexity index is 372. The topological polar surface area (TPSA) is 21.3 Å². The summed E-state index contributed by atoms with van der Waals surface area (Å²) in [5.74, 6) is 0.203. The van der Waals surface area contributed by atoms with Gasteiger partial charge in [-0.1, -0.05) is 22.0 Å².